The lowest BCUT2D eigenvalue weighted by molar-refractivity contribution is -0.143. The number of hydrogen-bond acceptors (Lipinski definition) is 2. The van der Waals surface area contributed by atoms with Crippen molar-refractivity contribution in [2.75, 3.05) is 0 Å². The Bertz CT molecular complexity index is 634. The number of para-hydroxylation sites is 1. The molecule has 18 heavy (non-hydrogen) atoms. The molecular weight excluding hydrogens is 237 g/mol. The summed E-state index contributed by atoms with van der Waals surface area (Å²) in [6.07, 6.45) is -0.382. The largest absolute Gasteiger partial charge is 0.481 e. The third kappa shape index (κ3) is 1.51. The highest BCUT2D eigenvalue weighted by Crippen LogP contribution is 2.38. The normalized spacial score (nSPS) is 23.0. The zero-order valence-electron chi connectivity index (χ0n) is 9.48. The van der Waals surface area contributed by atoms with Gasteiger partial charge in [0.1, 0.15) is 5.82 Å². The quantitative estimate of drug-likeness (QED) is 0.723. The number of carbonyl (C=O) groups is 1. The van der Waals surface area contributed by atoms with Gasteiger partial charge in [0.2, 0.25) is 0 Å². The van der Waals surface area contributed by atoms with Gasteiger partial charge in [0.15, 0.2) is 0 Å². The van der Waals surface area contributed by atoms with E-state index in [1.54, 1.807) is 12.1 Å². The molecule has 0 amide bonds. The summed E-state index contributed by atoms with van der Waals surface area (Å²) < 4.78 is 13.6. The van der Waals surface area contributed by atoms with Crippen molar-refractivity contribution in [1.29, 1.82) is 0 Å². The van der Waals surface area contributed by atoms with E-state index in [4.69, 9.17) is 5.11 Å². The third-order valence-corrected chi connectivity index (χ3v) is 3.55. The smallest absolute Gasteiger partial charge is 0.306 e. The topological polar surface area (TPSA) is 73.3 Å². The molecular formula is C13H12FNO3. The molecule has 0 aliphatic heterocycles. The Morgan fingerprint density at radius 3 is 2.94 bits per heavy atom. The second-order valence-corrected chi connectivity index (χ2v) is 4.67. The number of rotatable bonds is 1. The number of hydrogen-bond donors (Lipinski definition) is 3. The maximum absolute atomic E-state index is 13.6. The van der Waals surface area contributed by atoms with E-state index in [9.17, 15) is 14.3 Å². The number of aromatic amines is 1. The molecule has 0 radical (unpaired) electrons. The average molecular weight is 249 g/mol. The van der Waals surface area contributed by atoms with Crippen molar-refractivity contribution < 1.29 is 19.4 Å². The van der Waals surface area contributed by atoms with Crippen LogP contribution in [0.2, 0.25) is 0 Å². The van der Waals surface area contributed by atoms with Gasteiger partial charge in [-0.3, -0.25) is 4.79 Å². The highest BCUT2D eigenvalue weighted by molar-refractivity contribution is 5.86. The molecule has 0 spiro atoms. The summed E-state index contributed by atoms with van der Waals surface area (Å²) in [7, 11) is 0. The highest BCUT2D eigenvalue weighted by Gasteiger charge is 2.33. The SMILES string of the molecule is O=C(O)C1Cc2[nH]c3c(F)cccc3c2C(O)C1. The van der Waals surface area contributed by atoms with Crippen molar-refractivity contribution in [3.8, 4) is 0 Å². The van der Waals surface area contributed by atoms with Crippen molar-refractivity contribution in [3.63, 3.8) is 0 Å². The number of aliphatic hydroxyl groups excluding tert-OH is 1. The van der Waals surface area contributed by atoms with E-state index in [1.165, 1.54) is 6.07 Å². The van der Waals surface area contributed by atoms with Crippen LogP contribution in [-0.4, -0.2) is 21.2 Å². The van der Waals surface area contributed by atoms with Gasteiger partial charge in [-0.05, 0) is 12.5 Å². The van der Waals surface area contributed by atoms with Crippen LogP contribution >= 0.6 is 0 Å². The van der Waals surface area contributed by atoms with Crippen molar-refractivity contribution in [2.24, 2.45) is 5.92 Å². The van der Waals surface area contributed by atoms with E-state index in [-0.39, 0.29) is 12.2 Å². The van der Waals surface area contributed by atoms with Crippen LogP contribution in [0, 0.1) is 11.7 Å². The van der Waals surface area contributed by atoms with Crippen molar-refractivity contribution in [1.82, 2.24) is 4.98 Å². The molecule has 94 valence electrons. The molecule has 4 nitrogen and oxygen atoms in total. The zero-order chi connectivity index (χ0) is 12.9. The van der Waals surface area contributed by atoms with Crippen molar-refractivity contribution in [3.05, 3.63) is 35.3 Å². The summed E-state index contributed by atoms with van der Waals surface area (Å²) in [5, 5.41) is 19.7. The Morgan fingerprint density at radius 1 is 1.44 bits per heavy atom. The molecule has 1 aliphatic rings. The molecule has 0 bridgehead atoms. The molecule has 2 aromatic rings. The number of aliphatic hydroxyl groups is 1. The minimum Gasteiger partial charge on any atom is -0.481 e. The number of aromatic nitrogens is 1. The highest BCUT2D eigenvalue weighted by atomic mass is 19.1. The average Bonchev–Trinajstić information content (AvgIpc) is 2.69. The Balaban J connectivity index is 2.19. The van der Waals surface area contributed by atoms with E-state index < -0.39 is 18.0 Å². The van der Waals surface area contributed by atoms with Crippen LogP contribution < -0.4 is 0 Å². The molecule has 5 heteroatoms. The van der Waals surface area contributed by atoms with E-state index in [2.05, 4.69) is 4.98 Å². The van der Waals surface area contributed by atoms with E-state index in [1.807, 2.05) is 0 Å². The van der Waals surface area contributed by atoms with Gasteiger partial charge >= 0.3 is 5.97 Å². The van der Waals surface area contributed by atoms with Gasteiger partial charge < -0.3 is 15.2 Å². The fourth-order valence-corrected chi connectivity index (χ4v) is 2.70. The molecule has 1 aliphatic carbocycles. The third-order valence-electron chi connectivity index (χ3n) is 3.55. The van der Waals surface area contributed by atoms with Crippen LogP contribution in [-0.2, 0) is 11.2 Å². The Kier molecular flexibility index (Phi) is 2.38. The number of fused-ring (bicyclic) bond motifs is 3. The lowest BCUT2D eigenvalue weighted by Crippen LogP contribution is -2.24. The van der Waals surface area contributed by atoms with E-state index in [0.717, 1.165) is 0 Å². The number of carboxylic acid groups (broad SMARTS) is 1. The molecule has 3 rings (SSSR count). The summed E-state index contributed by atoms with van der Waals surface area (Å²) in [4.78, 5) is 13.9. The lowest BCUT2D eigenvalue weighted by atomic mass is 9.85. The number of carboxylic acids is 1. The van der Waals surface area contributed by atoms with Crippen LogP contribution in [0.4, 0.5) is 4.39 Å². The first-order valence-electron chi connectivity index (χ1n) is 5.77. The second kappa shape index (κ2) is 3.81. The minimum atomic E-state index is -0.932. The second-order valence-electron chi connectivity index (χ2n) is 4.67. The van der Waals surface area contributed by atoms with Gasteiger partial charge in [0.05, 0.1) is 17.5 Å². The minimum absolute atomic E-state index is 0.172. The Morgan fingerprint density at radius 2 is 2.22 bits per heavy atom. The van der Waals surface area contributed by atoms with Crippen LogP contribution in [0.15, 0.2) is 18.2 Å². The number of benzene rings is 1. The van der Waals surface area contributed by atoms with Crippen LogP contribution in [0.5, 0.6) is 0 Å². The summed E-state index contributed by atoms with van der Waals surface area (Å²) in [6, 6.07) is 4.66. The summed E-state index contributed by atoms with van der Waals surface area (Å²) in [5.41, 5.74) is 1.61. The summed E-state index contributed by atoms with van der Waals surface area (Å²) >= 11 is 0. The lowest BCUT2D eigenvalue weighted by Gasteiger charge is -2.23. The molecule has 2 unspecified atom stereocenters. The number of nitrogens with one attached hydrogen (secondary N) is 1. The summed E-state index contributed by atoms with van der Waals surface area (Å²) in [6.45, 7) is 0. The van der Waals surface area contributed by atoms with Gasteiger partial charge in [0, 0.05) is 23.1 Å². The van der Waals surface area contributed by atoms with Crippen molar-refractivity contribution >= 4 is 16.9 Å². The zero-order valence-corrected chi connectivity index (χ0v) is 9.48. The van der Waals surface area contributed by atoms with E-state index in [0.29, 0.717) is 28.6 Å². The maximum atomic E-state index is 13.6. The predicted molar refractivity (Wildman–Crippen MR) is 62.7 cm³/mol. The molecule has 1 aromatic carbocycles. The van der Waals surface area contributed by atoms with E-state index >= 15 is 0 Å². The molecule has 0 saturated carbocycles. The number of halogens is 1. The number of H-pyrrole nitrogens is 1. The monoisotopic (exact) mass is 249 g/mol. The van der Waals surface area contributed by atoms with Gasteiger partial charge in [0.25, 0.3) is 0 Å². The molecule has 2 atom stereocenters. The first kappa shape index (κ1) is 11.2. The summed E-state index contributed by atoms with van der Waals surface area (Å²) in [5.74, 6) is -1.94. The predicted octanol–water partition coefficient (Wildman–Crippen LogP) is 1.99. The van der Waals surface area contributed by atoms with Crippen LogP contribution in [0.1, 0.15) is 23.8 Å². The standard InChI is InChI=1S/C13H12FNO3/c14-8-3-1-2-7-11-9(15-12(7)8)4-6(13(17)18)5-10(11)16/h1-3,6,10,15-16H,4-5H2,(H,17,18). The van der Waals surface area contributed by atoms with Crippen molar-refractivity contribution in [2.45, 2.75) is 18.9 Å². The number of aliphatic carboxylic acids is 1. The molecule has 0 saturated heterocycles. The molecule has 1 heterocycles. The molecule has 0 fully saturated rings. The fourth-order valence-electron chi connectivity index (χ4n) is 2.70. The first-order chi connectivity index (χ1) is 8.58. The van der Waals surface area contributed by atoms with Gasteiger partial charge in [-0.25, -0.2) is 4.39 Å². The maximum Gasteiger partial charge on any atom is 0.306 e. The van der Waals surface area contributed by atoms with Gasteiger partial charge in [-0.15, -0.1) is 0 Å². The molecule has 3 N–H and O–H groups in total. The van der Waals surface area contributed by atoms with Crippen LogP contribution in [0.25, 0.3) is 10.9 Å². The first-order valence-corrected chi connectivity index (χ1v) is 5.77. The Labute approximate surface area is 102 Å². The Hall–Kier alpha value is -1.88. The van der Waals surface area contributed by atoms with Gasteiger partial charge in [-0.2, -0.15) is 0 Å². The van der Waals surface area contributed by atoms with Crippen LogP contribution in [0.3, 0.4) is 0 Å². The molecule has 1 aromatic heterocycles. The van der Waals surface area contributed by atoms with Gasteiger partial charge in [-0.1, -0.05) is 12.1 Å². The fraction of sp³-hybridized carbons (Fsp3) is 0.308.